The number of hydrogen-bond acceptors (Lipinski definition) is 4. The Labute approximate surface area is 221 Å². The van der Waals surface area contributed by atoms with E-state index in [4.69, 9.17) is 6.42 Å². The summed E-state index contributed by atoms with van der Waals surface area (Å²) in [6.45, 7) is 8.06. The molecule has 0 bridgehead atoms. The molecule has 0 saturated carbocycles. The molecule has 1 aromatic heterocycles. The van der Waals surface area contributed by atoms with E-state index in [1.54, 1.807) is 24.0 Å². The van der Waals surface area contributed by atoms with Crippen LogP contribution in [0.2, 0.25) is 0 Å². The standard InChI is InChI=1S/C31H28F2N4O/c1-4-24(27-10-12-29(33)22(2)18-27)19-26(23(3)25-8-6-5-7-9-25)11-13-30(38)36-14-16-37(17-15-36)31-34-20-28(32)21-35-31/h1,5-12,18-21H,3,13-17H2,2H3/b24-19+,26-11-. The van der Waals surface area contributed by atoms with E-state index in [1.807, 2.05) is 47.4 Å². The summed E-state index contributed by atoms with van der Waals surface area (Å²) >= 11 is 0. The molecule has 4 rings (SSSR count). The molecule has 0 atom stereocenters. The number of carbonyl (C=O) groups excluding carboxylic acids is 1. The zero-order valence-electron chi connectivity index (χ0n) is 21.2. The minimum absolute atomic E-state index is 0.0312. The SMILES string of the molecule is C#C/C(=C\C(=C\CC(=O)N1CCN(c2ncc(F)cn2)CC1)C(=C)c1ccccc1)c1ccc(F)c(C)c1. The summed E-state index contributed by atoms with van der Waals surface area (Å²) in [6, 6.07) is 14.4. The highest BCUT2D eigenvalue weighted by Gasteiger charge is 2.22. The van der Waals surface area contributed by atoms with E-state index in [9.17, 15) is 13.6 Å². The lowest BCUT2D eigenvalue weighted by Gasteiger charge is -2.34. The van der Waals surface area contributed by atoms with Crippen LogP contribution in [0.5, 0.6) is 0 Å². The van der Waals surface area contributed by atoms with Gasteiger partial charge in [-0.05, 0) is 53.0 Å². The van der Waals surface area contributed by atoms with Crippen molar-refractivity contribution < 1.29 is 13.6 Å². The largest absolute Gasteiger partial charge is 0.339 e. The second-order valence-corrected chi connectivity index (χ2v) is 8.94. The molecule has 3 aromatic rings. The third kappa shape index (κ3) is 6.40. The van der Waals surface area contributed by atoms with Gasteiger partial charge in [0.2, 0.25) is 11.9 Å². The molecule has 1 amide bonds. The van der Waals surface area contributed by atoms with Crippen molar-refractivity contribution in [3.8, 4) is 12.3 Å². The second-order valence-electron chi connectivity index (χ2n) is 8.94. The number of nitrogens with zero attached hydrogens (tertiary/aromatic N) is 4. The molecule has 7 heteroatoms. The fourth-order valence-electron chi connectivity index (χ4n) is 4.20. The van der Waals surface area contributed by atoms with Gasteiger partial charge in [0.05, 0.1) is 12.4 Å². The number of rotatable bonds is 7. The molecule has 0 N–H and O–H groups in total. The smallest absolute Gasteiger partial charge is 0.226 e. The molecule has 1 saturated heterocycles. The Hall–Kier alpha value is -4.57. The summed E-state index contributed by atoms with van der Waals surface area (Å²) in [5.74, 6) is 2.33. The summed E-state index contributed by atoms with van der Waals surface area (Å²) in [4.78, 5) is 24.9. The molecule has 1 aliphatic rings. The first-order valence-electron chi connectivity index (χ1n) is 12.3. The van der Waals surface area contributed by atoms with Crippen molar-refractivity contribution in [1.29, 1.82) is 0 Å². The summed E-state index contributed by atoms with van der Waals surface area (Å²) < 4.78 is 27.0. The van der Waals surface area contributed by atoms with Crippen LogP contribution in [0.15, 0.2) is 85.2 Å². The Balaban J connectivity index is 1.53. The average molecular weight is 511 g/mol. The molecule has 1 aliphatic heterocycles. The van der Waals surface area contributed by atoms with E-state index >= 15 is 0 Å². The van der Waals surface area contributed by atoms with Gasteiger partial charge in [0.25, 0.3) is 0 Å². The first-order valence-corrected chi connectivity index (χ1v) is 12.3. The molecule has 2 heterocycles. The number of piperazine rings is 1. The predicted octanol–water partition coefficient (Wildman–Crippen LogP) is 5.46. The highest BCUT2D eigenvalue weighted by Crippen LogP contribution is 2.27. The second kappa shape index (κ2) is 12.1. The number of halogens is 2. The molecular weight excluding hydrogens is 482 g/mol. The van der Waals surface area contributed by atoms with Gasteiger partial charge in [0, 0.05) is 38.2 Å². The topological polar surface area (TPSA) is 49.3 Å². The molecule has 192 valence electrons. The van der Waals surface area contributed by atoms with Crippen LogP contribution in [0.4, 0.5) is 14.7 Å². The average Bonchev–Trinajstić information content (AvgIpc) is 2.95. The normalized spacial score (nSPS) is 14.3. The zero-order chi connectivity index (χ0) is 27.1. The van der Waals surface area contributed by atoms with Crippen molar-refractivity contribution in [2.24, 2.45) is 0 Å². The van der Waals surface area contributed by atoms with Gasteiger partial charge < -0.3 is 9.80 Å². The number of aryl methyl sites for hydroxylation is 1. The van der Waals surface area contributed by atoms with Crippen molar-refractivity contribution in [3.05, 3.63) is 114 Å². The molecule has 38 heavy (non-hydrogen) atoms. The van der Waals surface area contributed by atoms with Crippen LogP contribution >= 0.6 is 0 Å². The number of hydrogen-bond donors (Lipinski definition) is 0. The van der Waals surface area contributed by atoms with Gasteiger partial charge in [-0.3, -0.25) is 4.79 Å². The minimum Gasteiger partial charge on any atom is -0.339 e. The lowest BCUT2D eigenvalue weighted by molar-refractivity contribution is -0.130. The number of carbonyl (C=O) groups is 1. The van der Waals surface area contributed by atoms with Crippen molar-refractivity contribution in [2.45, 2.75) is 13.3 Å². The molecule has 0 aliphatic carbocycles. The Morgan fingerprint density at radius 2 is 1.74 bits per heavy atom. The lowest BCUT2D eigenvalue weighted by atomic mass is 9.94. The Kier molecular flexibility index (Phi) is 8.44. The fraction of sp³-hybridized carbons (Fsp3) is 0.194. The highest BCUT2D eigenvalue weighted by molar-refractivity contribution is 5.89. The number of amides is 1. The third-order valence-corrected chi connectivity index (χ3v) is 6.41. The van der Waals surface area contributed by atoms with Gasteiger partial charge in [-0.2, -0.15) is 0 Å². The van der Waals surface area contributed by atoms with Gasteiger partial charge in [0.1, 0.15) is 5.82 Å². The minimum atomic E-state index is -0.487. The predicted molar refractivity (Wildman–Crippen MR) is 147 cm³/mol. The fourth-order valence-corrected chi connectivity index (χ4v) is 4.20. The van der Waals surface area contributed by atoms with Crippen LogP contribution in [0.25, 0.3) is 11.1 Å². The van der Waals surface area contributed by atoms with Crippen molar-refractivity contribution in [3.63, 3.8) is 0 Å². The molecular formula is C31H28F2N4O. The maximum absolute atomic E-state index is 13.8. The number of aromatic nitrogens is 2. The number of anilines is 1. The van der Waals surface area contributed by atoms with Gasteiger partial charge in [0.15, 0.2) is 5.82 Å². The summed E-state index contributed by atoms with van der Waals surface area (Å²) in [5, 5.41) is 0. The highest BCUT2D eigenvalue weighted by atomic mass is 19.1. The summed E-state index contributed by atoms with van der Waals surface area (Å²) in [5.41, 5.74) is 4.12. The monoisotopic (exact) mass is 510 g/mol. The Morgan fingerprint density at radius 3 is 2.37 bits per heavy atom. The van der Waals surface area contributed by atoms with Gasteiger partial charge in [-0.15, -0.1) is 6.42 Å². The van der Waals surface area contributed by atoms with Crippen LogP contribution in [0, 0.1) is 30.9 Å². The van der Waals surface area contributed by atoms with Crippen LogP contribution in [-0.4, -0.2) is 47.0 Å². The molecule has 5 nitrogen and oxygen atoms in total. The van der Waals surface area contributed by atoms with E-state index < -0.39 is 5.82 Å². The lowest BCUT2D eigenvalue weighted by Crippen LogP contribution is -2.49. The first-order chi connectivity index (χ1) is 18.4. The van der Waals surface area contributed by atoms with Crippen LogP contribution in [0.1, 0.15) is 23.1 Å². The zero-order valence-corrected chi connectivity index (χ0v) is 21.2. The van der Waals surface area contributed by atoms with Crippen LogP contribution in [0.3, 0.4) is 0 Å². The van der Waals surface area contributed by atoms with E-state index in [0.717, 1.165) is 29.1 Å². The maximum Gasteiger partial charge on any atom is 0.226 e. The molecule has 2 aromatic carbocycles. The van der Waals surface area contributed by atoms with Crippen LogP contribution in [-0.2, 0) is 4.79 Å². The van der Waals surface area contributed by atoms with Crippen LogP contribution < -0.4 is 4.90 Å². The summed E-state index contributed by atoms with van der Waals surface area (Å²) in [7, 11) is 0. The van der Waals surface area contributed by atoms with E-state index in [2.05, 4.69) is 22.5 Å². The van der Waals surface area contributed by atoms with E-state index in [1.165, 1.54) is 6.07 Å². The van der Waals surface area contributed by atoms with Gasteiger partial charge in [-0.1, -0.05) is 55.0 Å². The van der Waals surface area contributed by atoms with E-state index in [-0.39, 0.29) is 18.1 Å². The first kappa shape index (κ1) is 26.5. The van der Waals surface area contributed by atoms with Crippen molar-refractivity contribution in [2.75, 3.05) is 31.1 Å². The number of benzene rings is 2. The molecule has 0 radical (unpaired) electrons. The number of terminal acetylenes is 1. The molecule has 0 spiro atoms. The van der Waals surface area contributed by atoms with E-state index in [0.29, 0.717) is 48.8 Å². The summed E-state index contributed by atoms with van der Waals surface area (Å²) in [6.07, 6.45) is 11.9. The molecule has 0 unspecified atom stereocenters. The third-order valence-electron chi connectivity index (χ3n) is 6.41. The Bertz CT molecular complexity index is 1410. The van der Waals surface area contributed by atoms with Crippen molar-refractivity contribution in [1.82, 2.24) is 14.9 Å². The number of allylic oxidation sites excluding steroid dienone is 4. The quantitative estimate of drug-likeness (QED) is 0.313. The molecule has 1 fully saturated rings. The van der Waals surface area contributed by atoms with Crippen molar-refractivity contribution >= 4 is 23.0 Å². The Morgan fingerprint density at radius 1 is 1.05 bits per heavy atom. The van der Waals surface area contributed by atoms with Gasteiger partial charge in [-0.25, -0.2) is 18.7 Å². The maximum atomic E-state index is 13.8. The van der Waals surface area contributed by atoms with Gasteiger partial charge >= 0.3 is 0 Å².